The number of nitrogens with one attached hydrogen (secondary N) is 1. The van der Waals surface area contributed by atoms with Gasteiger partial charge in [0.05, 0.1) is 19.0 Å². The zero-order valence-electron chi connectivity index (χ0n) is 13.9. The van der Waals surface area contributed by atoms with Crippen LogP contribution in [0.4, 0.5) is 5.69 Å². The average molecular weight is 354 g/mol. The van der Waals surface area contributed by atoms with E-state index >= 15 is 0 Å². The number of benzene rings is 1. The van der Waals surface area contributed by atoms with Crippen LogP contribution in [0.1, 0.15) is 18.4 Å². The third-order valence-electron chi connectivity index (χ3n) is 4.62. The lowest BCUT2D eigenvalue weighted by Crippen LogP contribution is -2.37. The first-order valence-electron chi connectivity index (χ1n) is 8.60. The summed E-state index contributed by atoms with van der Waals surface area (Å²) < 4.78 is 38.2. The molecule has 7 heteroatoms. The smallest absolute Gasteiger partial charge is 0.212 e. The van der Waals surface area contributed by atoms with Crippen molar-refractivity contribution in [3.05, 3.63) is 29.8 Å². The zero-order chi connectivity index (χ0) is 16.8. The summed E-state index contributed by atoms with van der Waals surface area (Å²) in [6.07, 6.45) is 1.65. The summed E-state index contributed by atoms with van der Waals surface area (Å²) in [5, 5.41) is 0. The summed E-state index contributed by atoms with van der Waals surface area (Å²) in [6, 6.07) is 7.98. The minimum absolute atomic E-state index is 0.191. The predicted molar refractivity (Wildman–Crippen MR) is 93.6 cm³/mol. The molecule has 0 amide bonds. The fraction of sp³-hybridized carbons (Fsp3) is 0.647. The van der Waals surface area contributed by atoms with Crippen molar-refractivity contribution in [3.63, 3.8) is 0 Å². The number of hydrogen-bond donors (Lipinski definition) is 1. The molecule has 0 bridgehead atoms. The van der Waals surface area contributed by atoms with Crippen molar-refractivity contribution in [2.45, 2.75) is 19.4 Å². The molecule has 2 fully saturated rings. The maximum atomic E-state index is 12.4. The van der Waals surface area contributed by atoms with Gasteiger partial charge in [0.1, 0.15) is 0 Å². The molecule has 0 aliphatic carbocycles. The van der Waals surface area contributed by atoms with Crippen LogP contribution in [0.15, 0.2) is 24.3 Å². The highest BCUT2D eigenvalue weighted by molar-refractivity contribution is 7.89. The fourth-order valence-corrected chi connectivity index (χ4v) is 4.69. The summed E-state index contributed by atoms with van der Waals surface area (Å²) in [5.41, 5.74) is 2.10. The van der Waals surface area contributed by atoms with E-state index in [2.05, 4.69) is 9.62 Å². The summed E-state index contributed by atoms with van der Waals surface area (Å²) in [7, 11) is -3.28. The number of nitrogens with zero attached hydrogens (tertiary/aromatic N) is 1. The zero-order valence-corrected chi connectivity index (χ0v) is 14.8. The van der Waals surface area contributed by atoms with E-state index in [1.165, 1.54) is 0 Å². The second-order valence-electron chi connectivity index (χ2n) is 6.39. The van der Waals surface area contributed by atoms with Gasteiger partial charge >= 0.3 is 0 Å². The van der Waals surface area contributed by atoms with Gasteiger partial charge in [-0.25, -0.2) is 13.1 Å². The Morgan fingerprint density at radius 1 is 1.04 bits per heavy atom. The Hall–Kier alpha value is -1.15. The molecule has 0 atom stereocenters. The molecule has 0 spiro atoms. The topological polar surface area (TPSA) is 67.9 Å². The lowest BCUT2D eigenvalue weighted by Gasteiger charge is -2.30. The molecule has 0 aromatic heterocycles. The van der Waals surface area contributed by atoms with E-state index in [1.54, 1.807) is 0 Å². The number of hydrogen-bond acceptors (Lipinski definition) is 5. The van der Waals surface area contributed by atoms with E-state index in [0.29, 0.717) is 33.0 Å². The normalized spacial score (nSPS) is 20.2. The van der Waals surface area contributed by atoms with E-state index in [4.69, 9.17) is 9.47 Å². The third-order valence-corrected chi connectivity index (χ3v) is 6.12. The number of para-hydroxylation sites is 1. The average Bonchev–Trinajstić information content (AvgIpc) is 2.62. The van der Waals surface area contributed by atoms with Crippen molar-refractivity contribution in [1.29, 1.82) is 0 Å². The van der Waals surface area contributed by atoms with Gasteiger partial charge in [0.15, 0.2) is 0 Å². The summed E-state index contributed by atoms with van der Waals surface area (Å²) >= 11 is 0. The largest absolute Gasteiger partial charge is 0.381 e. The van der Waals surface area contributed by atoms with Crippen LogP contribution in [-0.4, -0.2) is 53.7 Å². The second kappa shape index (κ2) is 8.29. The Morgan fingerprint density at radius 2 is 1.71 bits per heavy atom. The summed E-state index contributed by atoms with van der Waals surface area (Å²) in [6.45, 7) is 4.77. The van der Waals surface area contributed by atoms with Crippen LogP contribution in [0, 0.1) is 5.92 Å². The Labute approximate surface area is 144 Å². The van der Waals surface area contributed by atoms with Gasteiger partial charge in [-0.3, -0.25) is 0 Å². The molecular formula is C17H26N2O4S. The molecule has 1 aromatic rings. The van der Waals surface area contributed by atoms with Gasteiger partial charge < -0.3 is 14.4 Å². The molecule has 3 rings (SSSR count). The minimum Gasteiger partial charge on any atom is -0.381 e. The molecule has 0 radical (unpaired) electrons. The quantitative estimate of drug-likeness (QED) is 0.836. The molecule has 2 aliphatic heterocycles. The highest BCUT2D eigenvalue weighted by Gasteiger charge is 2.22. The first kappa shape index (κ1) is 17.7. The number of rotatable bonds is 6. The molecule has 134 valence electrons. The SMILES string of the molecule is O=S(=O)(CC1CCOCC1)NCc1ccccc1N1CCOCC1. The Balaban J connectivity index is 1.61. The fourth-order valence-electron chi connectivity index (χ4n) is 3.24. The van der Waals surface area contributed by atoms with E-state index in [1.807, 2.05) is 24.3 Å². The standard InChI is InChI=1S/C17H26N2O4S/c20-24(21,14-15-5-9-22-10-6-15)18-13-16-3-1-2-4-17(16)19-7-11-23-12-8-19/h1-4,15,18H,5-14H2. The maximum Gasteiger partial charge on any atom is 0.212 e. The van der Waals surface area contributed by atoms with Gasteiger partial charge in [-0.1, -0.05) is 18.2 Å². The van der Waals surface area contributed by atoms with Gasteiger partial charge in [-0.2, -0.15) is 0 Å². The van der Waals surface area contributed by atoms with E-state index in [9.17, 15) is 8.42 Å². The number of morpholine rings is 1. The van der Waals surface area contributed by atoms with E-state index in [0.717, 1.165) is 37.2 Å². The van der Waals surface area contributed by atoms with Crippen molar-refractivity contribution < 1.29 is 17.9 Å². The molecule has 24 heavy (non-hydrogen) atoms. The first-order valence-corrected chi connectivity index (χ1v) is 10.2. The van der Waals surface area contributed by atoms with Gasteiger partial charge in [0, 0.05) is 38.5 Å². The van der Waals surface area contributed by atoms with Gasteiger partial charge in [-0.05, 0) is 30.4 Å². The van der Waals surface area contributed by atoms with Crippen LogP contribution < -0.4 is 9.62 Å². The lowest BCUT2D eigenvalue weighted by molar-refractivity contribution is 0.0723. The number of anilines is 1. The molecule has 6 nitrogen and oxygen atoms in total. The molecule has 1 aromatic carbocycles. The maximum absolute atomic E-state index is 12.4. The lowest BCUT2D eigenvalue weighted by atomic mass is 10.0. The first-order chi connectivity index (χ1) is 11.6. The van der Waals surface area contributed by atoms with Crippen molar-refractivity contribution >= 4 is 15.7 Å². The Morgan fingerprint density at radius 3 is 2.46 bits per heavy atom. The van der Waals surface area contributed by atoms with E-state index < -0.39 is 10.0 Å². The molecular weight excluding hydrogens is 328 g/mol. The van der Waals surface area contributed by atoms with Crippen LogP contribution in [-0.2, 0) is 26.0 Å². The summed E-state index contributed by atoms with van der Waals surface area (Å²) in [5.74, 6) is 0.390. The molecule has 1 N–H and O–H groups in total. The highest BCUT2D eigenvalue weighted by atomic mass is 32.2. The van der Waals surface area contributed by atoms with Gasteiger partial charge in [-0.15, -0.1) is 0 Å². The highest BCUT2D eigenvalue weighted by Crippen LogP contribution is 2.22. The molecule has 0 unspecified atom stereocenters. The minimum atomic E-state index is -3.28. The van der Waals surface area contributed by atoms with Crippen molar-refractivity contribution in [3.8, 4) is 0 Å². The Bertz CT molecular complexity index is 623. The number of ether oxygens (including phenoxy) is 2. The van der Waals surface area contributed by atoms with Crippen molar-refractivity contribution in [2.24, 2.45) is 5.92 Å². The second-order valence-corrected chi connectivity index (χ2v) is 8.24. The van der Waals surface area contributed by atoms with Gasteiger partial charge in [0.25, 0.3) is 0 Å². The van der Waals surface area contributed by atoms with E-state index in [-0.39, 0.29) is 11.7 Å². The van der Waals surface area contributed by atoms with Crippen molar-refractivity contribution in [2.75, 3.05) is 50.2 Å². The summed E-state index contributed by atoms with van der Waals surface area (Å²) in [4.78, 5) is 2.26. The van der Waals surface area contributed by atoms with Crippen LogP contribution >= 0.6 is 0 Å². The monoisotopic (exact) mass is 354 g/mol. The predicted octanol–water partition coefficient (Wildman–Crippen LogP) is 1.37. The molecule has 0 saturated carbocycles. The van der Waals surface area contributed by atoms with Crippen LogP contribution in [0.3, 0.4) is 0 Å². The molecule has 2 saturated heterocycles. The van der Waals surface area contributed by atoms with Gasteiger partial charge in [0.2, 0.25) is 10.0 Å². The molecule has 2 heterocycles. The number of sulfonamides is 1. The van der Waals surface area contributed by atoms with Crippen LogP contribution in [0.2, 0.25) is 0 Å². The van der Waals surface area contributed by atoms with Crippen LogP contribution in [0.25, 0.3) is 0 Å². The third kappa shape index (κ3) is 4.92. The van der Waals surface area contributed by atoms with Crippen molar-refractivity contribution in [1.82, 2.24) is 4.72 Å². The Kier molecular flexibility index (Phi) is 6.10. The molecule has 2 aliphatic rings. The van der Waals surface area contributed by atoms with Crippen LogP contribution in [0.5, 0.6) is 0 Å².